The molecular weight excluding hydrogens is 446 g/mol. The van der Waals surface area contributed by atoms with Crippen molar-refractivity contribution in [1.82, 2.24) is 14.8 Å². The Labute approximate surface area is 195 Å². The van der Waals surface area contributed by atoms with E-state index in [1.807, 2.05) is 43.3 Å². The second-order valence-electron chi connectivity index (χ2n) is 7.21. The zero-order valence-electron chi connectivity index (χ0n) is 17.9. The van der Waals surface area contributed by atoms with Crippen LogP contribution in [-0.2, 0) is 6.42 Å². The van der Waals surface area contributed by atoms with Crippen molar-refractivity contribution in [3.63, 3.8) is 0 Å². The molecule has 0 saturated heterocycles. The zero-order chi connectivity index (χ0) is 22.7. The number of hydrogen-bond donors (Lipinski definition) is 0. The van der Waals surface area contributed by atoms with Crippen LogP contribution >= 0.6 is 22.9 Å². The van der Waals surface area contributed by atoms with E-state index in [2.05, 4.69) is 5.10 Å². The van der Waals surface area contributed by atoms with Gasteiger partial charge in [0, 0.05) is 18.2 Å². The SMILES string of the molecule is COc1ccccc1C(=O)c1sc(CC(C)n2cc(Cl)cn2)nc1-c1ccccc1OC. The van der Waals surface area contributed by atoms with Crippen LogP contribution in [0.15, 0.2) is 60.9 Å². The molecule has 4 aromatic rings. The Morgan fingerprint density at radius 1 is 1.09 bits per heavy atom. The molecular formula is C24H22ClN3O3S. The molecule has 0 radical (unpaired) electrons. The Balaban J connectivity index is 1.79. The van der Waals surface area contributed by atoms with E-state index in [9.17, 15) is 4.79 Å². The van der Waals surface area contributed by atoms with E-state index in [1.165, 1.54) is 11.3 Å². The van der Waals surface area contributed by atoms with Gasteiger partial charge in [-0.1, -0.05) is 35.9 Å². The smallest absolute Gasteiger partial charge is 0.208 e. The minimum absolute atomic E-state index is 0.0217. The van der Waals surface area contributed by atoms with Gasteiger partial charge in [-0.15, -0.1) is 11.3 Å². The van der Waals surface area contributed by atoms with Gasteiger partial charge in [-0.2, -0.15) is 5.10 Å². The van der Waals surface area contributed by atoms with Crippen LogP contribution in [0.2, 0.25) is 5.02 Å². The maximum absolute atomic E-state index is 13.6. The van der Waals surface area contributed by atoms with Crippen LogP contribution in [-0.4, -0.2) is 34.8 Å². The normalized spacial score (nSPS) is 11.9. The molecule has 6 nitrogen and oxygen atoms in total. The van der Waals surface area contributed by atoms with Crippen molar-refractivity contribution in [1.29, 1.82) is 0 Å². The van der Waals surface area contributed by atoms with Gasteiger partial charge >= 0.3 is 0 Å². The van der Waals surface area contributed by atoms with Crippen LogP contribution in [0.25, 0.3) is 11.3 Å². The van der Waals surface area contributed by atoms with Gasteiger partial charge in [0.25, 0.3) is 0 Å². The molecule has 8 heteroatoms. The van der Waals surface area contributed by atoms with Gasteiger partial charge in [0.15, 0.2) is 0 Å². The number of nitrogens with zero attached hydrogens (tertiary/aromatic N) is 3. The molecule has 0 bridgehead atoms. The van der Waals surface area contributed by atoms with Crippen LogP contribution in [0.1, 0.15) is 33.2 Å². The number of methoxy groups -OCH3 is 2. The number of carbonyl (C=O) groups is 1. The monoisotopic (exact) mass is 467 g/mol. The molecule has 2 aromatic carbocycles. The molecule has 0 fully saturated rings. The maximum Gasteiger partial charge on any atom is 0.208 e. The van der Waals surface area contributed by atoms with E-state index in [4.69, 9.17) is 26.1 Å². The summed E-state index contributed by atoms with van der Waals surface area (Å²) in [5, 5.41) is 5.69. The summed E-state index contributed by atoms with van der Waals surface area (Å²) in [6.07, 6.45) is 3.99. The lowest BCUT2D eigenvalue weighted by atomic mass is 10.0. The average Bonchev–Trinajstić information content (AvgIpc) is 3.44. The van der Waals surface area contributed by atoms with Gasteiger partial charge in [0.2, 0.25) is 5.78 Å². The summed E-state index contributed by atoms with van der Waals surface area (Å²) < 4.78 is 12.8. The number of ether oxygens (including phenoxy) is 2. The Morgan fingerprint density at radius 3 is 2.47 bits per heavy atom. The molecule has 0 aliphatic carbocycles. The number of hydrogen-bond acceptors (Lipinski definition) is 6. The summed E-state index contributed by atoms with van der Waals surface area (Å²) in [5.74, 6) is 1.05. The Kier molecular flexibility index (Phi) is 6.58. The van der Waals surface area contributed by atoms with Gasteiger partial charge in [-0.3, -0.25) is 9.48 Å². The molecule has 1 atom stereocenters. The van der Waals surface area contributed by atoms with Crippen LogP contribution in [0.3, 0.4) is 0 Å². The first kappa shape index (κ1) is 22.0. The summed E-state index contributed by atoms with van der Waals surface area (Å²) in [4.78, 5) is 19.0. The average molecular weight is 468 g/mol. The van der Waals surface area contributed by atoms with Gasteiger partial charge in [0.1, 0.15) is 16.4 Å². The number of aromatic nitrogens is 3. The van der Waals surface area contributed by atoms with Crippen LogP contribution in [0.5, 0.6) is 11.5 Å². The zero-order valence-corrected chi connectivity index (χ0v) is 19.5. The van der Waals surface area contributed by atoms with Crippen LogP contribution < -0.4 is 9.47 Å². The van der Waals surface area contributed by atoms with Gasteiger partial charge in [-0.25, -0.2) is 4.98 Å². The Bertz CT molecular complexity index is 1250. The first-order valence-corrected chi connectivity index (χ1v) is 11.2. The Morgan fingerprint density at radius 2 is 1.78 bits per heavy atom. The summed E-state index contributed by atoms with van der Waals surface area (Å²) in [6, 6.07) is 14.8. The second kappa shape index (κ2) is 9.54. The topological polar surface area (TPSA) is 66.2 Å². The molecule has 2 aromatic heterocycles. The standard InChI is InChI=1S/C24H22ClN3O3S/c1-15(28-14-16(25)13-26-28)12-21-27-22(17-8-4-6-10-19(17)30-2)24(32-21)23(29)18-9-5-7-11-20(18)31-3/h4-11,13-15H,12H2,1-3H3. The van der Waals surface area contributed by atoms with Gasteiger partial charge in [-0.05, 0) is 31.2 Å². The fourth-order valence-electron chi connectivity index (χ4n) is 3.49. The van der Waals surface area contributed by atoms with E-state index >= 15 is 0 Å². The second-order valence-corrected chi connectivity index (χ2v) is 8.73. The minimum Gasteiger partial charge on any atom is -0.496 e. The summed E-state index contributed by atoms with van der Waals surface area (Å²) in [5.41, 5.74) is 1.86. The van der Waals surface area contributed by atoms with Crippen LogP contribution in [0.4, 0.5) is 0 Å². The van der Waals surface area contributed by atoms with Crippen molar-refractivity contribution in [2.45, 2.75) is 19.4 Å². The number of ketones is 1. The predicted molar refractivity (Wildman–Crippen MR) is 126 cm³/mol. The van der Waals surface area contributed by atoms with Gasteiger partial charge < -0.3 is 9.47 Å². The molecule has 0 saturated carbocycles. The van der Waals surface area contributed by atoms with Crippen molar-refractivity contribution in [2.75, 3.05) is 14.2 Å². The summed E-state index contributed by atoms with van der Waals surface area (Å²) in [6.45, 7) is 2.04. The molecule has 0 aliphatic heterocycles. The fraction of sp³-hybridized carbons (Fsp3) is 0.208. The highest BCUT2D eigenvalue weighted by molar-refractivity contribution is 7.14. The first-order chi connectivity index (χ1) is 15.5. The van der Waals surface area contributed by atoms with E-state index in [-0.39, 0.29) is 11.8 Å². The maximum atomic E-state index is 13.6. The lowest BCUT2D eigenvalue weighted by molar-refractivity contribution is 0.104. The highest BCUT2D eigenvalue weighted by Gasteiger charge is 2.25. The van der Waals surface area contributed by atoms with Crippen molar-refractivity contribution < 1.29 is 14.3 Å². The van der Waals surface area contributed by atoms with E-state index in [0.29, 0.717) is 39.1 Å². The number of para-hydroxylation sites is 2. The van der Waals surface area contributed by atoms with Crippen molar-refractivity contribution >= 4 is 28.7 Å². The number of thiazole rings is 1. The lowest BCUT2D eigenvalue weighted by Crippen LogP contribution is -2.08. The summed E-state index contributed by atoms with van der Waals surface area (Å²) in [7, 11) is 3.17. The molecule has 0 amide bonds. The molecule has 1 unspecified atom stereocenters. The molecule has 32 heavy (non-hydrogen) atoms. The molecule has 4 rings (SSSR count). The quantitative estimate of drug-likeness (QED) is 0.310. The summed E-state index contributed by atoms with van der Waals surface area (Å²) >= 11 is 7.40. The molecule has 0 aliphatic rings. The van der Waals surface area contributed by atoms with E-state index in [1.54, 1.807) is 43.4 Å². The lowest BCUT2D eigenvalue weighted by Gasteiger charge is -2.09. The van der Waals surface area contributed by atoms with Crippen molar-refractivity contribution in [3.05, 3.63) is 81.4 Å². The molecule has 0 spiro atoms. The molecule has 0 N–H and O–H groups in total. The number of carbonyl (C=O) groups excluding carboxylic acids is 1. The van der Waals surface area contributed by atoms with Crippen molar-refractivity contribution in [2.24, 2.45) is 0 Å². The van der Waals surface area contributed by atoms with Crippen LogP contribution in [0, 0.1) is 0 Å². The van der Waals surface area contributed by atoms with E-state index < -0.39 is 0 Å². The highest BCUT2D eigenvalue weighted by Crippen LogP contribution is 2.37. The molecule has 164 valence electrons. The third-order valence-electron chi connectivity index (χ3n) is 5.08. The third-order valence-corrected chi connectivity index (χ3v) is 6.35. The van der Waals surface area contributed by atoms with Gasteiger partial charge in [0.05, 0.1) is 47.7 Å². The largest absolute Gasteiger partial charge is 0.496 e. The number of halogens is 1. The fourth-order valence-corrected chi connectivity index (χ4v) is 4.78. The predicted octanol–water partition coefficient (Wildman–Crippen LogP) is 5.71. The van der Waals surface area contributed by atoms with E-state index in [0.717, 1.165) is 10.6 Å². The first-order valence-electron chi connectivity index (χ1n) is 10.0. The minimum atomic E-state index is -0.137. The molecule has 2 heterocycles. The van der Waals surface area contributed by atoms with Crippen molar-refractivity contribution in [3.8, 4) is 22.8 Å². The Hall–Kier alpha value is -3.16. The highest BCUT2D eigenvalue weighted by atomic mass is 35.5. The third kappa shape index (κ3) is 4.40. The number of rotatable bonds is 8. The number of benzene rings is 2.